The molecule has 2 N–H and O–H groups in total. The Hall–Kier alpha value is -2.07. The van der Waals surface area contributed by atoms with Crippen LogP contribution >= 0.6 is 0 Å². The van der Waals surface area contributed by atoms with E-state index in [2.05, 4.69) is 33.8 Å². The van der Waals surface area contributed by atoms with E-state index in [1.54, 1.807) is 0 Å². The van der Waals surface area contributed by atoms with Gasteiger partial charge < -0.3 is 15.4 Å². The molecule has 2 heterocycles. The maximum atomic E-state index is 5.44. The molecule has 4 nitrogen and oxygen atoms in total. The topological polar surface area (TPSA) is 46.2 Å². The predicted molar refractivity (Wildman–Crippen MR) is 80.5 cm³/mol. The third-order valence-corrected chi connectivity index (χ3v) is 3.42. The third-order valence-electron chi connectivity index (χ3n) is 3.42. The molecule has 4 heteroatoms. The van der Waals surface area contributed by atoms with Gasteiger partial charge in [0.15, 0.2) is 0 Å². The molecule has 1 aliphatic rings. The quantitative estimate of drug-likeness (QED) is 0.896. The van der Waals surface area contributed by atoms with Gasteiger partial charge in [-0.3, -0.25) is 0 Å². The highest BCUT2D eigenvalue weighted by atomic mass is 16.5. The van der Waals surface area contributed by atoms with Gasteiger partial charge in [-0.1, -0.05) is 18.2 Å². The van der Waals surface area contributed by atoms with Gasteiger partial charge in [0.2, 0.25) is 5.88 Å². The Kier molecular flexibility index (Phi) is 3.83. The van der Waals surface area contributed by atoms with Crippen molar-refractivity contribution in [2.45, 2.75) is 19.9 Å². The van der Waals surface area contributed by atoms with E-state index in [1.165, 1.54) is 11.1 Å². The van der Waals surface area contributed by atoms with Crippen molar-refractivity contribution in [3.63, 3.8) is 0 Å². The van der Waals surface area contributed by atoms with E-state index in [-0.39, 0.29) is 0 Å². The molecule has 0 unspecified atom stereocenters. The van der Waals surface area contributed by atoms with Crippen LogP contribution in [0.25, 0.3) is 0 Å². The summed E-state index contributed by atoms with van der Waals surface area (Å²) in [7, 11) is 0. The summed E-state index contributed by atoms with van der Waals surface area (Å²) in [5.74, 6) is 1.48. The lowest BCUT2D eigenvalue weighted by Crippen LogP contribution is -2.24. The fourth-order valence-corrected chi connectivity index (χ4v) is 2.50. The van der Waals surface area contributed by atoms with Crippen molar-refractivity contribution in [2.75, 3.05) is 18.5 Å². The lowest BCUT2D eigenvalue weighted by molar-refractivity contribution is 0.327. The maximum absolute atomic E-state index is 5.44. The summed E-state index contributed by atoms with van der Waals surface area (Å²) in [6.07, 6.45) is 1.05. The molecule has 3 rings (SSSR count). The molecule has 0 atom stereocenters. The van der Waals surface area contributed by atoms with Crippen LogP contribution < -0.4 is 15.4 Å². The van der Waals surface area contributed by atoms with E-state index in [1.807, 2.05) is 25.1 Å². The number of anilines is 2. The highest BCUT2D eigenvalue weighted by Crippen LogP contribution is 2.26. The highest BCUT2D eigenvalue weighted by Gasteiger charge is 2.12. The molecule has 0 spiro atoms. The van der Waals surface area contributed by atoms with Crippen LogP contribution in [-0.2, 0) is 13.0 Å². The molecular weight excluding hydrogens is 250 g/mol. The molecule has 0 fully saturated rings. The number of nitrogens with one attached hydrogen (secondary N) is 2. The zero-order valence-electron chi connectivity index (χ0n) is 11.6. The van der Waals surface area contributed by atoms with E-state index in [9.17, 15) is 0 Å². The van der Waals surface area contributed by atoms with Gasteiger partial charge in [0.25, 0.3) is 0 Å². The molecule has 0 amide bonds. The van der Waals surface area contributed by atoms with Crippen LogP contribution in [0, 0.1) is 0 Å². The summed E-state index contributed by atoms with van der Waals surface area (Å²) in [6, 6.07) is 12.2. The number of hydrogen-bond acceptors (Lipinski definition) is 4. The Morgan fingerprint density at radius 2 is 2.15 bits per heavy atom. The van der Waals surface area contributed by atoms with Gasteiger partial charge in [0.05, 0.1) is 6.61 Å². The van der Waals surface area contributed by atoms with E-state index in [0.29, 0.717) is 12.5 Å². The fraction of sp³-hybridized carbons (Fsp3) is 0.312. The summed E-state index contributed by atoms with van der Waals surface area (Å²) >= 11 is 0. The van der Waals surface area contributed by atoms with Gasteiger partial charge in [0, 0.05) is 18.3 Å². The minimum Gasteiger partial charge on any atom is -0.478 e. The lowest BCUT2D eigenvalue weighted by Gasteiger charge is -2.20. The first-order chi connectivity index (χ1) is 9.86. The van der Waals surface area contributed by atoms with Gasteiger partial charge in [-0.25, -0.2) is 0 Å². The summed E-state index contributed by atoms with van der Waals surface area (Å²) in [6.45, 7) is 4.56. The van der Waals surface area contributed by atoms with Crippen molar-refractivity contribution in [2.24, 2.45) is 0 Å². The Morgan fingerprint density at radius 1 is 1.25 bits per heavy atom. The second-order valence-electron chi connectivity index (χ2n) is 4.79. The van der Waals surface area contributed by atoms with Crippen molar-refractivity contribution in [3.05, 3.63) is 47.5 Å². The number of hydrogen-bond donors (Lipinski definition) is 2. The molecule has 1 aromatic heterocycles. The average Bonchev–Trinajstić information content (AvgIpc) is 2.48. The number of nitrogens with zero attached hydrogens (tertiary/aromatic N) is 1. The van der Waals surface area contributed by atoms with Crippen LogP contribution in [0.2, 0.25) is 0 Å². The van der Waals surface area contributed by atoms with Gasteiger partial charge in [-0.15, -0.1) is 0 Å². The van der Waals surface area contributed by atoms with Crippen LogP contribution in [0.4, 0.5) is 11.5 Å². The third kappa shape index (κ3) is 2.75. The highest BCUT2D eigenvalue weighted by molar-refractivity contribution is 5.63. The minimum absolute atomic E-state index is 0.628. The number of aromatic nitrogens is 1. The second-order valence-corrected chi connectivity index (χ2v) is 4.79. The van der Waals surface area contributed by atoms with Crippen LogP contribution in [0.5, 0.6) is 5.88 Å². The van der Waals surface area contributed by atoms with E-state index in [4.69, 9.17) is 4.74 Å². The van der Waals surface area contributed by atoms with Crippen LogP contribution in [0.3, 0.4) is 0 Å². The molecule has 0 saturated heterocycles. The molecular formula is C16H19N3O. The molecule has 1 aromatic carbocycles. The van der Waals surface area contributed by atoms with Gasteiger partial charge in [-0.05, 0) is 43.1 Å². The summed E-state index contributed by atoms with van der Waals surface area (Å²) in [4.78, 5) is 4.46. The molecule has 0 bridgehead atoms. The smallest absolute Gasteiger partial charge is 0.215 e. The Bertz CT molecular complexity index is 598. The predicted octanol–water partition coefficient (Wildman–Crippen LogP) is 2.87. The van der Waals surface area contributed by atoms with Crippen molar-refractivity contribution in [1.29, 1.82) is 0 Å². The largest absolute Gasteiger partial charge is 0.478 e. The Labute approximate surface area is 119 Å². The first-order valence-electron chi connectivity index (χ1n) is 7.05. The molecule has 0 aliphatic carbocycles. The first kappa shape index (κ1) is 12.9. The average molecular weight is 269 g/mol. The molecule has 20 heavy (non-hydrogen) atoms. The maximum Gasteiger partial charge on any atom is 0.215 e. The Morgan fingerprint density at radius 3 is 3.05 bits per heavy atom. The molecule has 0 radical (unpaired) electrons. The van der Waals surface area contributed by atoms with Crippen LogP contribution in [0.1, 0.15) is 18.1 Å². The van der Waals surface area contributed by atoms with Crippen molar-refractivity contribution in [1.82, 2.24) is 10.3 Å². The van der Waals surface area contributed by atoms with E-state index < -0.39 is 0 Å². The van der Waals surface area contributed by atoms with E-state index >= 15 is 0 Å². The summed E-state index contributed by atoms with van der Waals surface area (Å²) < 4.78 is 5.44. The number of ether oxygens (including phenoxy) is 1. The van der Waals surface area contributed by atoms with Gasteiger partial charge in [0.1, 0.15) is 5.82 Å². The summed E-state index contributed by atoms with van der Waals surface area (Å²) in [5, 5.41) is 6.81. The molecule has 2 aromatic rings. The van der Waals surface area contributed by atoms with Crippen LogP contribution in [-0.4, -0.2) is 18.1 Å². The van der Waals surface area contributed by atoms with Gasteiger partial charge >= 0.3 is 0 Å². The SMILES string of the molecule is CCOc1cccc(Nc2cccc3c2CCNC3)n1. The van der Waals surface area contributed by atoms with Crippen molar-refractivity contribution >= 4 is 11.5 Å². The van der Waals surface area contributed by atoms with Crippen LogP contribution in [0.15, 0.2) is 36.4 Å². The summed E-state index contributed by atoms with van der Waals surface area (Å²) in [5.41, 5.74) is 3.89. The molecule has 104 valence electrons. The zero-order valence-corrected chi connectivity index (χ0v) is 11.6. The lowest BCUT2D eigenvalue weighted by atomic mass is 9.99. The molecule has 0 saturated carbocycles. The normalized spacial score (nSPS) is 13.7. The number of benzene rings is 1. The number of fused-ring (bicyclic) bond motifs is 1. The van der Waals surface area contributed by atoms with Crippen molar-refractivity contribution in [3.8, 4) is 5.88 Å². The number of rotatable bonds is 4. The second kappa shape index (κ2) is 5.92. The standard InChI is InChI=1S/C16H19N3O/c1-2-20-16-8-4-7-15(19-16)18-14-6-3-5-12-11-17-10-9-13(12)14/h3-8,17H,2,9-11H2,1H3,(H,18,19). The fourth-order valence-electron chi connectivity index (χ4n) is 2.50. The minimum atomic E-state index is 0.628. The number of pyridine rings is 1. The van der Waals surface area contributed by atoms with E-state index in [0.717, 1.165) is 31.0 Å². The van der Waals surface area contributed by atoms with Crippen molar-refractivity contribution < 1.29 is 4.74 Å². The Balaban J connectivity index is 1.86. The monoisotopic (exact) mass is 269 g/mol. The van der Waals surface area contributed by atoms with Gasteiger partial charge in [-0.2, -0.15) is 4.98 Å². The first-order valence-corrected chi connectivity index (χ1v) is 7.05. The zero-order chi connectivity index (χ0) is 13.8. The molecule has 1 aliphatic heterocycles.